The summed E-state index contributed by atoms with van der Waals surface area (Å²) in [6.45, 7) is 2.32. The number of ether oxygens (including phenoxy) is 1. The third-order valence-corrected chi connectivity index (χ3v) is 6.59. The Kier molecular flexibility index (Phi) is 9.28. The van der Waals surface area contributed by atoms with Crippen LogP contribution in [0.2, 0.25) is 5.02 Å². The quantitative estimate of drug-likeness (QED) is 0.335. The zero-order valence-electron chi connectivity index (χ0n) is 20.7. The summed E-state index contributed by atoms with van der Waals surface area (Å²) < 4.78 is 34.1. The minimum atomic E-state index is -0.916. The standard InChI is InChI=1S/C28H29ClF2N4O3/c29-20-3-1-2-19(14-20)24-15-21(30)16-25(31)27(24)34-28(37)38-23-8-11-35(12-9-23)13-10-26(36)33-22-6-4-18(17-32)5-7-22/h1-7,14-16,23H,8-13,17,32H2,(H,33,36)(H,34,37). The van der Waals surface area contributed by atoms with Crippen molar-refractivity contribution in [2.24, 2.45) is 5.73 Å². The van der Waals surface area contributed by atoms with E-state index in [1.807, 2.05) is 24.3 Å². The molecule has 1 aliphatic heterocycles. The number of hydrogen-bond donors (Lipinski definition) is 3. The molecule has 0 radical (unpaired) electrons. The van der Waals surface area contributed by atoms with Gasteiger partial charge in [-0.2, -0.15) is 0 Å². The van der Waals surface area contributed by atoms with E-state index in [2.05, 4.69) is 15.5 Å². The van der Waals surface area contributed by atoms with Gasteiger partial charge in [0.15, 0.2) is 0 Å². The SMILES string of the molecule is NCc1ccc(NC(=O)CCN2CCC(OC(=O)Nc3c(F)cc(F)cc3-c3cccc(Cl)c3)CC2)cc1. The molecule has 4 rings (SSSR count). The van der Waals surface area contributed by atoms with E-state index in [1.54, 1.807) is 24.3 Å². The molecule has 4 N–H and O–H groups in total. The predicted octanol–water partition coefficient (Wildman–Crippen LogP) is 5.79. The third kappa shape index (κ3) is 7.50. The van der Waals surface area contributed by atoms with Crippen LogP contribution in [-0.4, -0.2) is 42.6 Å². The molecule has 0 spiro atoms. The van der Waals surface area contributed by atoms with Gasteiger partial charge in [-0.05, 0) is 54.3 Å². The molecule has 1 aliphatic rings. The van der Waals surface area contributed by atoms with Gasteiger partial charge in [-0.3, -0.25) is 10.1 Å². The lowest BCUT2D eigenvalue weighted by molar-refractivity contribution is -0.116. The van der Waals surface area contributed by atoms with Crippen molar-refractivity contribution in [3.8, 4) is 11.1 Å². The van der Waals surface area contributed by atoms with Crippen molar-refractivity contribution < 1.29 is 23.1 Å². The van der Waals surface area contributed by atoms with Crippen LogP contribution >= 0.6 is 11.6 Å². The van der Waals surface area contributed by atoms with Crippen LogP contribution < -0.4 is 16.4 Å². The summed E-state index contributed by atoms with van der Waals surface area (Å²) >= 11 is 6.03. The van der Waals surface area contributed by atoms with Crippen molar-refractivity contribution >= 4 is 35.0 Å². The molecule has 7 nitrogen and oxygen atoms in total. The maximum Gasteiger partial charge on any atom is 0.412 e. The van der Waals surface area contributed by atoms with E-state index in [9.17, 15) is 18.4 Å². The number of hydrogen-bond acceptors (Lipinski definition) is 5. The molecule has 1 saturated heterocycles. The van der Waals surface area contributed by atoms with E-state index < -0.39 is 17.7 Å². The van der Waals surface area contributed by atoms with Gasteiger partial charge in [0.05, 0.1) is 5.69 Å². The van der Waals surface area contributed by atoms with Crippen LogP contribution in [0.1, 0.15) is 24.8 Å². The van der Waals surface area contributed by atoms with Gasteiger partial charge in [0, 0.05) is 54.9 Å². The monoisotopic (exact) mass is 542 g/mol. The van der Waals surface area contributed by atoms with Crippen LogP contribution in [0.5, 0.6) is 0 Å². The first-order valence-corrected chi connectivity index (χ1v) is 12.7. The second-order valence-electron chi connectivity index (χ2n) is 9.09. The summed E-state index contributed by atoms with van der Waals surface area (Å²) in [7, 11) is 0. The Morgan fingerprint density at radius 2 is 1.76 bits per heavy atom. The number of nitrogens with two attached hydrogens (primary N) is 1. The van der Waals surface area contributed by atoms with Crippen LogP contribution in [-0.2, 0) is 16.1 Å². The number of carbonyl (C=O) groups excluding carboxylic acids is 2. The number of benzene rings is 3. The number of rotatable bonds is 8. The largest absolute Gasteiger partial charge is 0.446 e. The van der Waals surface area contributed by atoms with Crippen molar-refractivity contribution in [1.29, 1.82) is 0 Å². The molecule has 0 saturated carbocycles. The summed E-state index contributed by atoms with van der Waals surface area (Å²) in [5.41, 5.74) is 7.74. The fourth-order valence-corrected chi connectivity index (χ4v) is 4.52. The molecule has 1 fully saturated rings. The second kappa shape index (κ2) is 12.8. The summed E-state index contributed by atoms with van der Waals surface area (Å²) in [5.74, 6) is -1.78. The molecule has 200 valence electrons. The van der Waals surface area contributed by atoms with E-state index in [-0.39, 0.29) is 23.3 Å². The summed E-state index contributed by atoms with van der Waals surface area (Å²) in [6.07, 6.45) is 0.294. The Hall–Kier alpha value is -3.53. The van der Waals surface area contributed by atoms with E-state index >= 15 is 0 Å². The number of nitrogens with zero attached hydrogens (tertiary/aromatic N) is 1. The molecule has 3 aromatic rings. The lowest BCUT2D eigenvalue weighted by atomic mass is 10.0. The van der Waals surface area contributed by atoms with Crippen LogP contribution in [0.3, 0.4) is 0 Å². The fraction of sp³-hybridized carbons (Fsp3) is 0.286. The van der Waals surface area contributed by atoms with E-state index in [0.717, 1.165) is 17.3 Å². The van der Waals surface area contributed by atoms with Crippen molar-refractivity contribution in [1.82, 2.24) is 4.90 Å². The first-order valence-electron chi connectivity index (χ1n) is 12.3. The number of nitrogens with one attached hydrogen (secondary N) is 2. The normalized spacial score (nSPS) is 14.2. The molecular formula is C28H29ClF2N4O3. The number of amides is 2. The molecule has 0 aromatic heterocycles. The Morgan fingerprint density at radius 3 is 2.45 bits per heavy atom. The zero-order valence-corrected chi connectivity index (χ0v) is 21.4. The lowest BCUT2D eigenvalue weighted by Gasteiger charge is -2.31. The van der Waals surface area contributed by atoms with E-state index in [1.165, 1.54) is 0 Å². The number of likely N-dealkylation sites (tertiary alicyclic amines) is 1. The van der Waals surface area contributed by atoms with Crippen LogP contribution in [0.25, 0.3) is 11.1 Å². The van der Waals surface area contributed by atoms with Gasteiger partial charge < -0.3 is 20.7 Å². The highest BCUT2D eigenvalue weighted by Gasteiger charge is 2.24. The Bertz CT molecular complexity index is 1280. The van der Waals surface area contributed by atoms with E-state index in [4.69, 9.17) is 22.1 Å². The molecule has 3 aromatic carbocycles. The van der Waals surface area contributed by atoms with Crippen molar-refractivity contribution in [2.45, 2.75) is 31.9 Å². The van der Waals surface area contributed by atoms with Crippen LogP contribution in [0, 0.1) is 11.6 Å². The lowest BCUT2D eigenvalue weighted by Crippen LogP contribution is -2.39. The van der Waals surface area contributed by atoms with Gasteiger partial charge in [0.1, 0.15) is 17.7 Å². The highest BCUT2D eigenvalue weighted by atomic mass is 35.5. The van der Waals surface area contributed by atoms with Crippen molar-refractivity contribution in [3.63, 3.8) is 0 Å². The zero-order chi connectivity index (χ0) is 27.1. The minimum Gasteiger partial charge on any atom is -0.446 e. The van der Waals surface area contributed by atoms with Gasteiger partial charge in [0.2, 0.25) is 5.91 Å². The molecule has 2 amide bonds. The molecular weight excluding hydrogens is 514 g/mol. The number of anilines is 2. The van der Waals surface area contributed by atoms with E-state index in [0.29, 0.717) is 62.1 Å². The molecule has 0 unspecified atom stereocenters. The maximum atomic E-state index is 14.6. The number of halogens is 3. The highest BCUT2D eigenvalue weighted by Crippen LogP contribution is 2.33. The third-order valence-electron chi connectivity index (χ3n) is 6.35. The molecule has 0 aliphatic carbocycles. The Labute approximate surface area is 224 Å². The topological polar surface area (TPSA) is 96.7 Å². The maximum absolute atomic E-state index is 14.6. The summed E-state index contributed by atoms with van der Waals surface area (Å²) in [6, 6.07) is 15.7. The molecule has 0 atom stereocenters. The summed E-state index contributed by atoms with van der Waals surface area (Å²) in [5, 5.41) is 5.70. The first kappa shape index (κ1) is 27.5. The Balaban J connectivity index is 1.25. The highest BCUT2D eigenvalue weighted by molar-refractivity contribution is 6.30. The molecule has 38 heavy (non-hydrogen) atoms. The smallest absolute Gasteiger partial charge is 0.412 e. The molecule has 0 bridgehead atoms. The minimum absolute atomic E-state index is 0.0833. The fourth-order valence-electron chi connectivity index (χ4n) is 4.33. The van der Waals surface area contributed by atoms with Crippen molar-refractivity contribution in [3.05, 3.63) is 82.9 Å². The van der Waals surface area contributed by atoms with Crippen LogP contribution in [0.4, 0.5) is 25.0 Å². The summed E-state index contributed by atoms with van der Waals surface area (Å²) in [4.78, 5) is 27.0. The number of carbonyl (C=O) groups is 2. The first-order chi connectivity index (χ1) is 18.3. The van der Waals surface area contributed by atoms with Crippen LogP contribution in [0.15, 0.2) is 60.7 Å². The predicted molar refractivity (Wildman–Crippen MR) is 144 cm³/mol. The van der Waals surface area contributed by atoms with Gasteiger partial charge in [-0.25, -0.2) is 13.6 Å². The average molecular weight is 543 g/mol. The van der Waals surface area contributed by atoms with Crippen molar-refractivity contribution in [2.75, 3.05) is 30.3 Å². The van der Waals surface area contributed by atoms with Gasteiger partial charge in [-0.15, -0.1) is 0 Å². The Morgan fingerprint density at radius 1 is 1.03 bits per heavy atom. The second-order valence-corrected chi connectivity index (χ2v) is 9.53. The molecule has 10 heteroatoms. The van der Waals surface area contributed by atoms with Gasteiger partial charge in [0.25, 0.3) is 0 Å². The van der Waals surface area contributed by atoms with Gasteiger partial charge >= 0.3 is 6.09 Å². The average Bonchev–Trinajstić information content (AvgIpc) is 2.90. The molecule has 1 heterocycles. The number of piperidine rings is 1. The van der Waals surface area contributed by atoms with Gasteiger partial charge in [-0.1, -0.05) is 35.9 Å².